The molecule has 218 valence electrons. The van der Waals surface area contributed by atoms with Gasteiger partial charge in [0.2, 0.25) is 0 Å². The first-order chi connectivity index (χ1) is 23.3. The summed E-state index contributed by atoms with van der Waals surface area (Å²) in [6.07, 6.45) is 0. The van der Waals surface area contributed by atoms with E-state index in [-0.39, 0.29) is 0 Å². The first kappa shape index (κ1) is 25.9. The van der Waals surface area contributed by atoms with Crippen molar-refractivity contribution >= 4 is 32.7 Å². The van der Waals surface area contributed by atoms with Gasteiger partial charge in [0.05, 0.1) is 0 Å². The Labute approximate surface area is 270 Å². The number of fused-ring (bicyclic) bond motifs is 6. The molecule has 0 amide bonds. The standard InChI is InChI=1S/C43H25N3O/c1-2-12-26(13-3-1)28-16-4-5-17-31(28)41-44-42(34-22-10-20-30-29-19-8-14-27-15-9-21-33(38(27)29)39(30)34)46-43(45-41)35-23-11-25-37-40(35)32-18-6-7-24-36(32)47-37/h1-25H. The van der Waals surface area contributed by atoms with Crippen LogP contribution in [0, 0.1) is 0 Å². The predicted octanol–water partition coefficient (Wildman–Crippen LogP) is 11.2. The van der Waals surface area contributed by atoms with Gasteiger partial charge in [0.25, 0.3) is 0 Å². The van der Waals surface area contributed by atoms with Crippen LogP contribution in [0.15, 0.2) is 156 Å². The van der Waals surface area contributed by atoms with Crippen LogP contribution in [0.4, 0.5) is 0 Å². The molecule has 1 aliphatic rings. The summed E-state index contributed by atoms with van der Waals surface area (Å²) in [7, 11) is 0. The Morgan fingerprint density at radius 2 is 0.894 bits per heavy atom. The Balaban J connectivity index is 1.28. The molecule has 4 heteroatoms. The van der Waals surface area contributed by atoms with Gasteiger partial charge < -0.3 is 4.42 Å². The van der Waals surface area contributed by atoms with E-state index in [1.807, 2.05) is 42.5 Å². The van der Waals surface area contributed by atoms with Crippen LogP contribution in [0.25, 0.3) is 100 Å². The fraction of sp³-hybridized carbons (Fsp3) is 0. The van der Waals surface area contributed by atoms with Crippen LogP contribution in [-0.4, -0.2) is 15.0 Å². The van der Waals surface area contributed by atoms with Crippen LogP contribution in [0.2, 0.25) is 0 Å². The molecule has 0 saturated carbocycles. The van der Waals surface area contributed by atoms with Crippen molar-refractivity contribution in [3.8, 4) is 67.5 Å². The van der Waals surface area contributed by atoms with E-state index in [2.05, 4.69) is 109 Å². The van der Waals surface area contributed by atoms with Gasteiger partial charge in [-0.1, -0.05) is 140 Å². The third-order valence-corrected chi connectivity index (χ3v) is 9.30. The van der Waals surface area contributed by atoms with E-state index in [0.29, 0.717) is 17.5 Å². The molecular weight excluding hydrogens is 574 g/mol. The number of furan rings is 1. The van der Waals surface area contributed by atoms with Crippen molar-refractivity contribution in [3.05, 3.63) is 152 Å². The first-order valence-electron chi connectivity index (χ1n) is 15.8. The number of nitrogens with zero attached hydrogens (tertiary/aromatic N) is 3. The largest absolute Gasteiger partial charge is 0.456 e. The molecule has 2 heterocycles. The molecule has 0 aliphatic heterocycles. The second-order valence-electron chi connectivity index (χ2n) is 11.9. The molecule has 0 saturated heterocycles. The molecule has 0 N–H and O–H groups in total. The minimum Gasteiger partial charge on any atom is -0.456 e. The van der Waals surface area contributed by atoms with Gasteiger partial charge in [-0.05, 0) is 50.7 Å². The maximum atomic E-state index is 6.28. The number of hydrogen-bond donors (Lipinski definition) is 0. The van der Waals surface area contributed by atoms with Gasteiger partial charge in [0, 0.05) is 33.0 Å². The monoisotopic (exact) mass is 599 g/mol. The van der Waals surface area contributed by atoms with E-state index < -0.39 is 0 Å². The van der Waals surface area contributed by atoms with Crippen molar-refractivity contribution in [3.63, 3.8) is 0 Å². The highest BCUT2D eigenvalue weighted by atomic mass is 16.3. The molecule has 0 unspecified atom stereocenters. The molecule has 1 aliphatic carbocycles. The summed E-state index contributed by atoms with van der Waals surface area (Å²) >= 11 is 0. The van der Waals surface area contributed by atoms with E-state index in [0.717, 1.165) is 55.3 Å². The average molecular weight is 600 g/mol. The smallest absolute Gasteiger partial charge is 0.164 e. The molecule has 2 aromatic heterocycles. The molecular formula is C43H25N3O. The van der Waals surface area contributed by atoms with Crippen LogP contribution in [0.1, 0.15) is 0 Å². The fourth-order valence-electron chi connectivity index (χ4n) is 7.27. The van der Waals surface area contributed by atoms with Crippen molar-refractivity contribution in [1.82, 2.24) is 15.0 Å². The normalized spacial score (nSPS) is 11.8. The highest BCUT2D eigenvalue weighted by Gasteiger charge is 2.26. The summed E-state index contributed by atoms with van der Waals surface area (Å²) in [6.45, 7) is 0. The first-order valence-corrected chi connectivity index (χ1v) is 15.8. The Morgan fingerprint density at radius 1 is 0.340 bits per heavy atom. The van der Waals surface area contributed by atoms with Crippen molar-refractivity contribution < 1.29 is 4.42 Å². The molecule has 10 rings (SSSR count). The second-order valence-corrected chi connectivity index (χ2v) is 11.9. The maximum absolute atomic E-state index is 6.28. The highest BCUT2D eigenvalue weighted by molar-refractivity contribution is 6.18. The van der Waals surface area contributed by atoms with Gasteiger partial charge in [-0.25, -0.2) is 15.0 Å². The molecule has 9 aromatic rings. The maximum Gasteiger partial charge on any atom is 0.164 e. The van der Waals surface area contributed by atoms with Gasteiger partial charge in [-0.3, -0.25) is 0 Å². The summed E-state index contributed by atoms with van der Waals surface area (Å²) in [5.74, 6) is 1.87. The third-order valence-electron chi connectivity index (χ3n) is 9.30. The van der Waals surface area contributed by atoms with Gasteiger partial charge in [-0.2, -0.15) is 0 Å². The topological polar surface area (TPSA) is 51.8 Å². The average Bonchev–Trinajstić information content (AvgIpc) is 3.69. The third kappa shape index (κ3) is 3.92. The lowest BCUT2D eigenvalue weighted by atomic mass is 9.97. The molecule has 0 fully saturated rings. The number of para-hydroxylation sites is 1. The zero-order valence-electron chi connectivity index (χ0n) is 25.2. The van der Waals surface area contributed by atoms with Crippen LogP contribution < -0.4 is 0 Å². The Kier molecular flexibility index (Phi) is 5.54. The van der Waals surface area contributed by atoms with Crippen molar-refractivity contribution in [2.75, 3.05) is 0 Å². The zero-order chi connectivity index (χ0) is 30.9. The lowest BCUT2D eigenvalue weighted by molar-refractivity contribution is 0.669. The van der Waals surface area contributed by atoms with Crippen molar-refractivity contribution in [1.29, 1.82) is 0 Å². The summed E-state index contributed by atoms with van der Waals surface area (Å²) in [5.41, 5.74) is 11.5. The van der Waals surface area contributed by atoms with E-state index in [4.69, 9.17) is 19.4 Å². The summed E-state index contributed by atoms with van der Waals surface area (Å²) in [4.78, 5) is 15.8. The van der Waals surface area contributed by atoms with E-state index in [1.54, 1.807) is 0 Å². The van der Waals surface area contributed by atoms with Crippen LogP contribution in [-0.2, 0) is 0 Å². The summed E-state index contributed by atoms with van der Waals surface area (Å²) in [6, 6.07) is 52.6. The number of hydrogen-bond acceptors (Lipinski definition) is 4. The van der Waals surface area contributed by atoms with E-state index in [9.17, 15) is 0 Å². The van der Waals surface area contributed by atoms with Crippen LogP contribution in [0.3, 0.4) is 0 Å². The quantitative estimate of drug-likeness (QED) is 0.202. The SMILES string of the molecule is c1ccc(-c2ccccc2-c2nc(-c3cccc4c3-c3cccc5cccc-4c35)nc(-c3cccc4oc5ccccc5c34)n2)cc1. The Morgan fingerprint density at radius 3 is 1.74 bits per heavy atom. The number of benzene rings is 7. The van der Waals surface area contributed by atoms with E-state index >= 15 is 0 Å². The van der Waals surface area contributed by atoms with Crippen LogP contribution >= 0.6 is 0 Å². The Hall–Kier alpha value is -6.39. The lowest BCUT2D eigenvalue weighted by Crippen LogP contribution is -2.02. The highest BCUT2D eigenvalue weighted by Crippen LogP contribution is 2.50. The van der Waals surface area contributed by atoms with E-state index in [1.165, 1.54) is 27.5 Å². The van der Waals surface area contributed by atoms with Crippen LogP contribution in [0.5, 0.6) is 0 Å². The molecule has 0 atom stereocenters. The minimum atomic E-state index is 0.608. The second kappa shape index (κ2) is 10.1. The zero-order valence-corrected chi connectivity index (χ0v) is 25.2. The predicted molar refractivity (Wildman–Crippen MR) is 191 cm³/mol. The van der Waals surface area contributed by atoms with Gasteiger partial charge >= 0.3 is 0 Å². The summed E-state index contributed by atoms with van der Waals surface area (Å²) < 4.78 is 6.28. The minimum absolute atomic E-state index is 0.608. The molecule has 47 heavy (non-hydrogen) atoms. The lowest BCUT2D eigenvalue weighted by Gasteiger charge is -2.14. The molecule has 4 nitrogen and oxygen atoms in total. The molecule has 0 radical (unpaired) electrons. The molecule has 0 spiro atoms. The molecule has 7 aromatic carbocycles. The van der Waals surface area contributed by atoms with Gasteiger partial charge in [0.1, 0.15) is 11.2 Å². The van der Waals surface area contributed by atoms with Gasteiger partial charge in [-0.15, -0.1) is 0 Å². The van der Waals surface area contributed by atoms with Crippen molar-refractivity contribution in [2.45, 2.75) is 0 Å². The summed E-state index contributed by atoms with van der Waals surface area (Å²) in [5, 5.41) is 4.54. The molecule has 0 bridgehead atoms. The van der Waals surface area contributed by atoms with Crippen molar-refractivity contribution in [2.24, 2.45) is 0 Å². The Bertz CT molecular complexity index is 2690. The fourth-order valence-corrected chi connectivity index (χ4v) is 7.27. The van der Waals surface area contributed by atoms with Gasteiger partial charge in [0.15, 0.2) is 17.5 Å². The number of aromatic nitrogens is 3. The number of rotatable bonds is 4.